The van der Waals surface area contributed by atoms with Gasteiger partial charge in [0, 0.05) is 17.1 Å². The first-order valence-electron chi connectivity index (χ1n) is 6.15. The van der Waals surface area contributed by atoms with Crippen LogP contribution in [0.5, 0.6) is 0 Å². The van der Waals surface area contributed by atoms with Gasteiger partial charge in [0.1, 0.15) is 5.82 Å². The van der Waals surface area contributed by atoms with Crippen LogP contribution in [0.4, 0.5) is 5.82 Å². The molecule has 0 saturated carbocycles. The Balaban J connectivity index is 2.42. The number of halogens is 1. The van der Waals surface area contributed by atoms with Crippen molar-refractivity contribution in [1.82, 2.24) is 4.98 Å². The zero-order valence-corrected chi connectivity index (χ0v) is 12.5. The van der Waals surface area contributed by atoms with Crippen molar-refractivity contribution >= 4 is 27.7 Å². The molecule has 4 nitrogen and oxygen atoms in total. The van der Waals surface area contributed by atoms with Gasteiger partial charge < -0.3 is 11.1 Å². The summed E-state index contributed by atoms with van der Waals surface area (Å²) in [5, 5.41) is 2.81. The predicted octanol–water partition coefficient (Wildman–Crippen LogP) is 2.86. The molecule has 0 fully saturated rings. The molecule has 5 heteroatoms. The third-order valence-corrected chi connectivity index (χ3v) is 3.67. The van der Waals surface area contributed by atoms with Gasteiger partial charge in [-0.05, 0) is 59.8 Å². The quantitative estimate of drug-likeness (QED) is 0.848. The molecule has 1 unspecified atom stereocenters. The number of hydrogen-bond acceptors (Lipinski definition) is 3. The number of carbonyl (C=O) groups is 1. The van der Waals surface area contributed by atoms with E-state index in [-0.39, 0.29) is 5.91 Å². The normalized spacial score (nSPS) is 12.2. The van der Waals surface area contributed by atoms with Gasteiger partial charge in [0.05, 0.1) is 0 Å². The van der Waals surface area contributed by atoms with Crippen molar-refractivity contribution in [3.63, 3.8) is 0 Å². The van der Waals surface area contributed by atoms with E-state index in [9.17, 15) is 4.79 Å². The molecule has 1 heterocycles. The van der Waals surface area contributed by atoms with Crippen LogP contribution < -0.4 is 11.1 Å². The van der Waals surface area contributed by atoms with E-state index >= 15 is 0 Å². The second-order valence-electron chi connectivity index (χ2n) is 4.59. The molecule has 0 aliphatic rings. The molecule has 3 N–H and O–H groups in total. The fourth-order valence-electron chi connectivity index (χ4n) is 1.62. The largest absolute Gasteiger partial charge is 0.330 e. The Kier molecular flexibility index (Phi) is 6.29. The third kappa shape index (κ3) is 5.14. The van der Waals surface area contributed by atoms with Crippen LogP contribution in [0.25, 0.3) is 0 Å². The molecule has 1 aromatic heterocycles. The lowest BCUT2D eigenvalue weighted by Gasteiger charge is -2.10. The molecule has 0 saturated heterocycles. The maximum atomic E-state index is 11.7. The molecule has 100 valence electrons. The molecule has 0 bridgehead atoms. The summed E-state index contributed by atoms with van der Waals surface area (Å²) in [5.41, 5.74) is 6.53. The molecule has 0 aliphatic heterocycles. The Morgan fingerprint density at radius 1 is 1.56 bits per heavy atom. The van der Waals surface area contributed by atoms with Gasteiger partial charge in [0.2, 0.25) is 5.91 Å². The predicted molar refractivity (Wildman–Crippen MR) is 77.4 cm³/mol. The van der Waals surface area contributed by atoms with Crippen LogP contribution in [0.3, 0.4) is 0 Å². The summed E-state index contributed by atoms with van der Waals surface area (Å²) in [6.45, 7) is 4.75. The number of rotatable bonds is 6. The summed E-state index contributed by atoms with van der Waals surface area (Å²) in [5.74, 6) is 1.10. The van der Waals surface area contributed by atoms with Crippen LogP contribution in [0, 0.1) is 12.8 Å². The summed E-state index contributed by atoms with van der Waals surface area (Å²) in [6, 6.07) is 1.85. The van der Waals surface area contributed by atoms with Crippen molar-refractivity contribution in [2.75, 3.05) is 11.9 Å². The van der Waals surface area contributed by atoms with Crippen LogP contribution in [-0.2, 0) is 4.79 Å². The maximum absolute atomic E-state index is 11.7. The molecule has 1 amide bonds. The number of pyridine rings is 1. The number of nitrogens with zero attached hydrogens (tertiary/aromatic N) is 1. The SMILES string of the molecule is Cc1cc(NC(=O)CCC(C)CCN)ncc1Br. The average molecular weight is 314 g/mol. The number of aryl methyl sites for hydroxylation is 1. The van der Waals surface area contributed by atoms with E-state index in [0.29, 0.717) is 24.7 Å². The molecule has 18 heavy (non-hydrogen) atoms. The lowest BCUT2D eigenvalue weighted by molar-refractivity contribution is -0.116. The lowest BCUT2D eigenvalue weighted by atomic mass is 10.0. The van der Waals surface area contributed by atoms with Gasteiger partial charge in [-0.15, -0.1) is 0 Å². The van der Waals surface area contributed by atoms with E-state index in [1.807, 2.05) is 13.0 Å². The number of nitrogens with two attached hydrogens (primary N) is 1. The van der Waals surface area contributed by atoms with Crippen LogP contribution in [0.15, 0.2) is 16.7 Å². The molecule has 0 radical (unpaired) electrons. The summed E-state index contributed by atoms with van der Waals surface area (Å²) in [7, 11) is 0. The van der Waals surface area contributed by atoms with Crippen LogP contribution in [-0.4, -0.2) is 17.4 Å². The monoisotopic (exact) mass is 313 g/mol. The zero-order chi connectivity index (χ0) is 13.5. The topological polar surface area (TPSA) is 68.0 Å². The van der Waals surface area contributed by atoms with Crippen molar-refractivity contribution in [3.05, 3.63) is 22.3 Å². The van der Waals surface area contributed by atoms with Gasteiger partial charge in [0.25, 0.3) is 0 Å². The van der Waals surface area contributed by atoms with E-state index in [1.165, 1.54) is 0 Å². The van der Waals surface area contributed by atoms with Crippen molar-refractivity contribution in [2.45, 2.75) is 33.1 Å². The first kappa shape index (κ1) is 15.1. The van der Waals surface area contributed by atoms with Crippen molar-refractivity contribution in [1.29, 1.82) is 0 Å². The van der Waals surface area contributed by atoms with Crippen LogP contribution in [0.1, 0.15) is 31.7 Å². The molecule has 0 spiro atoms. The number of hydrogen-bond donors (Lipinski definition) is 2. The van der Waals surface area contributed by atoms with E-state index in [0.717, 1.165) is 22.9 Å². The van der Waals surface area contributed by atoms with E-state index in [1.54, 1.807) is 6.20 Å². The second-order valence-corrected chi connectivity index (χ2v) is 5.44. The van der Waals surface area contributed by atoms with Crippen LogP contribution in [0.2, 0.25) is 0 Å². The van der Waals surface area contributed by atoms with E-state index < -0.39 is 0 Å². The summed E-state index contributed by atoms with van der Waals surface area (Å²) in [4.78, 5) is 15.9. The molecular formula is C13H20BrN3O. The van der Waals surface area contributed by atoms with Gasteiger partial charge in [-0.25, -0.2) is 4.98 Å². The number of amides is 1. The Labute approximate surface area is 116 Å². The zero-order valence-electron chi connectivity index (χ0n) is 10.9. The minimum absolute atomic E-state index is 0.00749. The molecule has 0 aromatic carbocycles. The highest BCUT2D eigenvalue weighted by Gasteiger charge is 2.07. The molecule has 0 aliphatic carbocycles. The first-order chi connectivity index (χ1) is 8.52. The van der Waals surface area contributed by atoms with Gasteiger partial charge in [-0.1, -0.05) is 6.92 Å². The Morgan fingerprint density at radius 2 is 2.28 bits per heavy atom. The third-order valence-electron chi connectivity index (χ3n) is 2.84. The highest BCUT2D eigenvalue weighted by molar-refractivity contribution is 9.10. The standard InChI is InChI=1S/C13H20BrN3O/c1-9(5-6-15)3-4-13(18)17-12-7-10(2)11(14)8-16-12/h7-9H,3-6,15H2,1-2H3,(H,16,17,18). The molecule has 1 rings (SSSR count). The second kappa shape index (κ2) is 7.48. The number of nitrogens with one attached hydrogen (secondary N) is 1. The van der Waals surface area contributed by atoms with Gasteiger partial charge >= 0.3 is 0 Å². The van der Waals surface area contributed by atoms with Crippen molar-refractivity contribution in [2.24, 2.45) is 11.7 Å². The minimum atomic E-state index is 0.00749. The smallest absolute Gasteiger partial charge is 0.225 e. The molecule has 1 atom stereocenters. The fourth-order valence-corrected chi connectivity index (χ4v) is 1.84. The van der Waals surface area contributed by atoms with Crippen molar-refractivity contribution < 1.29 is 4.79 Å². The van der Waals surface area contributed by atoms with Gasteiger partial charge in [-0.2, -0.15) is 0 Å². The van der Waals surface area contributed by atoms with Gasteiger partial charge in [-0.3, -0.25) is 4.79 Å². The number of carbonyl (C=O) groups excluding carboxylic acids is 1. The summed E-state index contributed by atoms with van der Waals surface area (Å²) in [6.07, 6.45) is 4.03. The van der Waals surface area contributed by atoms with Crippen LogP contribution >= 0.6 is 15.9 Å². The summed E-state index contributed by atoms with van der Waals surface area (Å²) < 4.78 is 0.942. The van der Waals surface area contributed by atoms with E-state index in [2.05, 4.69) is 33.2 Å². The number of anilines is 1. The van der Waals surface area contributed by atoms with Crippen molar-refractivity contribution in [3.8, 4) is 0 Å². The fraction of sp³-hybridized carbons (Fsp3) is 0.538. The highest BCUT2D eigenvalue weighted by Crippen LogP contribution is 2.17. The molecular weight excluding hydrogens is 294 g/mol. The Hall–Kier alpha value is -0.940. The average Bonchev–Trinajstić information content (AvgIpc) is 2.32. The maximum Gasteiger partial charge on any atom is 0.225 e. The minimum Gasteiger partial charge on any atom is -0.330 e. The van der Waals surface area contributed by atoms with E-state index in [4.69, 9.17) is 5.73 Å². The number of aromatic nitrogens is 1. The lowest BCUT2D eigenvalue weighted by Crippen LogP contribution is -2.14. The highest BCUT2D eigenvalue weighted by atomic mass is 79.9. The van der Waals surface area contributed by atoms with Gasteiger partial charge in [0.15, 0.2) is 0 Å². The first-order valence-corrected chi connectivity index (χ1v) is 6.94. The Bertz CT molecular complexity index is 409. The summed E-state index contributed by atoms with van der Waals surface area (Å²) >= 11 is 3.38. The molecule has 1 aromatic rings. The Morgan fingerprint density at radius 3 is 2.89 bits per heavy atom.